The van der Waals surface area contributed by atoms with Crippen LogP contribution in [0.15, 0.2) is 291 Å². The minimum Gasteiger partial charge on any atom is -0.310 e. The van der Waals surface area contributed by atoms with Gasteiger partial charge in [0.25, 0.3) is 0 Å². The number of benzene rings is 10. The molecular formula is C70H48N6. The third kappa shape index (κ3) is 8.11. The molecule has 0 amide bonds. The number of fused-ring (bicyclic) bond motifs is 4. The Hall–Kier alpha value is -10.3. The number of rotatable bonds is 11. The molecule has 14 aromatic rings. The van der Waals surface area contributed by atoms with Crippen molar-refractivity contribution in [2.24, 2.45) is 0 Å². The summed E-state index contributed by atoms with van der Waals surface area (Å²) in [7, 11) is 0. The van der Waals surface area contributed by atoms with Crippen molar-refractivity contribution in [2.45, 2.75) is 0 Å². The first kappa shape index (κ1) is 44.4. The molecule has 0 saturated heterocycles. The highest BCUT2D eigenvalue weighted by Gasteiger charge is 2.21. The van der Waals surface area contributed by atoms with E-state index in [0.717, 1.165) is 102 Å². The van der Waals surface area contributed by atoms with Gasteiger partial charge in [0.1, 0.15) is 11.3 Å². The largest absolute Gasteiger partial charge is 0.310 e. The fourth-order valence-electron chi connectivity index (χ4n) is 10.8. The molecule has 0 aliphatic heterocycles. The summed E-state index contributed by atoms with van der Waals surface area (Å²) in [4.78, 5) is 14.9. The molecule has 4 aromatic heterocycles. The average molecular weight is 973 g/mol. The van der Waals surface area contributed by atoms with Gasteiger partial charge in [-0.2, -0.15) is 0 Å². The summed E-state index contributed by atoms with van der Waals surface area (Å²) >= 11 is 0. The molecule has 0 atom stereocenters. The topological polar surface area (TPSA) is 41.1 Å². The van der Waals surface area contributed by atoms with Crippen molar-refractivity contribution in [3.05, 3.63) is 291 Å². The first-order valence-electron chi connectivity index (χ1n) is 25.7. The summed E-state index contributed by atoms with van der Waals surface area (Å²) in [5.74, 6) is 0. The highest BCUT2D eigenvalue weighted by molar-refractivity contribution is 5.92. The van der Waals surface area contributed by atoms with Crippen LogP contribution in [-0.2, 0) is 0 Å². The molecule has 76 heavy (non-hydrogen) atoms. The summed E-state index contributed by atoms with van der Waals surface area (Å²) in [6.45, 7) is 0. The van der Waals surface area contributed by atoms with Gasteiger partial charge in [-0.1, -0.05) is 182 Å². The quantitative estimate of drug-likeness (QED) is 0.129. The van der Waals surface area contributed by atoms with Crippen molar-refractivity contribution in [1.29, 1.82) is 0 Å². The van der Waals surface area contributed by atoms with Gasteiger partial charge in [-0.05, 0) is 130 Å². The van der Waals surface area contributed by atoms with Gasteiger partial charge in [0.15, 0.2) is 0 Å². The second-order valence-corrected chi connectivity index (χ2v) is 19.1. The maximum Gasteiger partial charge on any atom is 0.137 e. The van der Waals surface area contributed by atoms with E-state index >= 15 is 0 Å². The molecule has 14 rings (SSSR count). The zero-order valence-corrected chi connectivity index (χ0v) is 41.4. The maximum atomic E-state index is 5.10. The van der Waals surface area contributed by atoms with Gasteiger partial charge in [-0.15, -0.1) is 0 Å². The summed E-state index contributed by atoms with van der Waals surface area (Å²) in [6.07, 6.45) is 4.19. The second kappa shape index (κ2) is 19.0. The van der Waals surface area contributed by atoms with Crippen molar-refractivity contribution >= 4 is 67.0 Å². The molecule has 0 radical (unpaired) electrons. The Kier molecular flexibility index (Phi) is 11.1. The normalized spacial score (nSPS) is 11.4. The number of hydrogen-bond donors (Lipinski definition) is 0. The lowest BCUT2D eigenvalue weighted by Gasteiger charge is -2.27. The SMILES string of the molecule is c1ccc(-c2nc3ccccn3c2-c2ccc(N(c3ccc(-c4ccc(N(c5ccc(-c6c(-c7ccccc7)nc7ccccn67)cc5)c5ccc6ccccc6c5)cc4)cc3)c3ccc4ccccc4c3)cc2)cc1. The lowest BCUT2D eigenvalue weighted by Crippen LogP contribution is -2.10. The van der Waals surface area contributed by atoms with Crippen molar-refractivity contribution in [3.8, 4) is 56.2 Å². The van der Waals surface area contributed by atoms with Crippen molar-refractivity contribution < 1.29 is 0 Å². The molecule has 358 valence electrons. The average Bonchev–Trinajstić information content (AvgIpc) is 4.12. The van der Waals surface area contributed by atoms with Crippen LogP contribution in [0.3, 0.4) is 0 Å². The molecule has 0 saturated carbocycles. The van der Waals surface area contributed by atoms with Crippen molar-refractivity contribution in [2.75, 3.05) is 9.80 Å². The van der Waals surface area contributed by atoms with Crippen LogP contribution in [0.1, 0.15) is 0 Å². The molecule has 0 fully saturated rings. The Labute approximate surface area is 441 Å². The van der Waals surface area contributed by atoms with Gasteiger partial charge >= 0.3 is 0 Å². The number of anilines is 6. The third-order valence-corrected chi connectivity index (χ3v) is 14.5. The van der Waals surface area contributed by atoms with E-state index < -0.39 is 0 Å². The maximum absolute atomic E-state index is 5.10. The summed E-state index contributed by atoms with van der Waals surface area (Å²) < 4.78 is 4.38. The molecule has 6 heteroatoms. The molecule has 0 aliphatic carbocycles. The smallest absolute Gasteiger partial charge is 0.137 e. The molecule has 10 aromatic carbocycles. The van der Waals surface area contributed by atoms with Crippen LogP contribution in [0, 0.1) is 0 Å². The molecule has 0 bridgehead atoms. The molecule has 0 aliphatic rings. The monoisotopic (exact) mass is 972 g/mol. The Bertz CT molecular complexity index is 4090. The van der Waals surface area contributed by atoms with E-state index in [1.807, 2.05) is 24.3 Å². The Morgan fingerprint density at radius 1 is 0.237 bits per heavy atom. The molecule has 4 heterocycles. The molecule has 0 N–H and O–H groups in total. The first-order chi connectivity index (χ1) is 37.7. The van der Waals surface area contributed by atoms with E-state index in [1.54, 1.807) is 0 Å². The Balaban J connectivity index is 0.808. The van der Waals surface area contributed by atoms with E-state index in [4.69, 9.17) is 9.97 Å². The van der Waals surface area contributed by atoms with Gasteiger partial charge in [0.05, 0.1) is 22.8 Å². The van der Waals surface area contributed by atoms with Gasteiger partial charge in [-0.3, -0.25) is 8.80 Å². The predicted octanol–water partition coefficient (Wildman–Crippen LogP) is 18.6. The number of pyridine rings is 2. The van der Waals surface area contributed by atoms with E-state index in [2.05, 4.69) is 286 Å². The van der Waals surface area contributed by atoms with E-state index in [1.165, 1.54) is 21.5 Å². The van der Waals surface area contributed by atoms with Crippen LogP contribution in [0.25, 0.3) is 89.0 Å². The van der Waals surface area contributed by atoms with Crippen LogP contribution >= 0.6 is 0 Å². The molecule has 0 unspecified atom stereocenters. The highest BCUT2D eigenvalue weighted by Crippen LogP contribution is 2.42. The zero-order chi connectivity index (χ0) is 50.4. The van der Waals surface area contributed by atoms with Crippen LogP contribution < -0.4 is 9.80 Å². The van der Waals surface area contributed by atoms with Crippen LogP contribution in [-0.4, -0.2) is 18.8 Å². The number of nitrogens with zero attached hydrogens (tertiary/aromatic N) is 6. The van der Waals surface area contributed by atoms with Crippen LogP contribution in [0.4, 0.5) is 34.1 Å². The van der Waals surface area contributed by atoms with E-state index in [9.17, 15) is 0 Å². The second-order valence-electron chi connectivity index (χ2n) is 19.1. The number of hydrogen-bond acceptors (Lipinski definition) is 4. The van der Waals surface area contributed by atoms with Gasteiger partial charge in [-0.25, -0.2) is 9.97 Å². The molecular weight excluding hydrogens is 925 g/mol. The Morgan fingerprint density at radius 2 is 0.553 bits per heavy atom. The van der Waals surface area contributed by atoms with Gasteiger partial charge in [0, 0.05) is 68.8 Å². The number of imidazole rings is 2. The van der Waals surface area contributed by atoms with Gasteiger partial charge < -0.3 is 9.80 Å². The zero-order valence-electron chi connectivity index (χ0n) is 41.4. The van der Waals surface area contributed by atoms with E-state index in [0.29, 0.717) is 0 Å². The lowest BCUT2D eigenvalue weighted by atomic mass is 10.0. The molecule has 6 nitrogen and oxygen atoms in total. The lowest BCUT2D eigenvalue weighted by molar-refractivity contribution is 1.19. The molecule has 0 spiro atoms. The minimum absolute atomic E-state index is 0.916. The van der Waals surface area contributed by atoms with Crippen molar-refractivity contribution in [3.63, 3.8) is 0 Å². The number of aromatic nitrogens is 4. The summed E-state index contributed by atoms with van der Waals surface area (Å²) in [5, 5.41) is 4.79. The first-order valence-corrected chi connectivity index (χ1v) is 25.7. The van der Waals surface area contributed by atoms with Crippen molar-refractivity contribution in [1.82, 2.24) is 18.8 Å². The Morgan fingerprint density at radius 3 is 0.934 bits per heavy atom. The summed E-state index contributed by atoms with van der Waals surface area (Å²) in [5.41, 5.74) is 18.9. The minimum atomic E-state index is 0.916. The highest BCUT2D eigenvalue weighted by atomic mass is 15.1. The van der Waals surface area contributed by atoms with E-state index in [-0.39, 0.29) is 0 Å². The standard InChI is InChI=1S/C70H48N6/c1-3-17-53(18-4-1)67-69(73-45-13-11-23-65(73)71-67)55-31-39-61(40-32-55)75(63-43-29-49-15-7-9-21-57(49)47-63)59-35-25-51(26-36-59)52-27-37-60(38-28-52)76(64-44-30-50-16-8-10-22-58(50)48-64)62-41-33-56(34-42-62)70-68(54-19-5-2-6-20-54)72-66-24-12-14-46-74(66)70/h1-48H. The predicted molar refractivity (Wildman–Crippen MR) is 316 cm³/mol. The summed E-state index contributed by atoms with van der Waals surface area (Å²) in [6, 6.07) is 99.5. The van der Waals surface area contributed by atoms with Crippen LogP contribution in [0.2, 0.25) is 0 Å². The fraction of sp³-hybridized carbons (Fsp3) is 0. The van der Waals surface area contributed by atoms with Gasteiger partial charge in [0.2, 0.25) is 0 Å². The third-order valence-electron chi connectivity index (χ3n) is 14.5. The fourth-order valence-corrected chi connectivity index (χ4v) is 10.8. The van der Waals surface area contributed by atoms with Crippen LogP contribution in [0.5, 0.6) is 0 Å².